The average molecular weight is 407 g/mol. The zero-order valence-corrected chi connectivity index (χ0v) is 16.8. The van der Waals surface area contributed by atoms with Crippen LogP contribution in [0.3, 0.4) is 0 Å². The van der Waals surface area contributed by atoms with Gasteiger partial charge in [-0.05, 0) is 67.3 Å². The summed E-state index contributed by atoms with van der Waals surface area (Å²) < 4.78 is 27.0. The van der Waals surface area contributed by atoms with E-state index in [4.69, 9.17) is 11.6 Å². The van der Waals surface area contributed by atoms with Crippen LogP contribution in [0.4, 0.5) is 5.69 Å². The Labute approximate surface area is 165 Å². The van der Waals surface area contributed by atoms with Gasteiger partial charge in [0.15, 0.2) is 5.78 Å². The number of carbonyl (C=O) groups excluding carboxylic acids is 1. The van der Waals surface area contributed by atoms with E-state index in [2.05, 4.69) is 12.2 Å². The Kier molecular flexibility index (Phi) is 6.19. The Balaban J connectivity index is 1.63. The third kappa shape index (κ3) is 4.89. The molecule has 0 atom stereocenters. The highest BCUT2D eigenvalue weighted by Crippen LogP contribution is 2.23. The molecule has 1 aliphatic heterocycles. The van der Waals surface area contributed by atoms with E-state index < -0.39 is 10.0 Å². The van der Waals surface area contributed by atoms with E-state index >= 15 is 0 Å². The quantitative estimate of drug-likeness (QED) is 0.735. The van der Waals surface area contributed by atoms with Gasteiger partial charge in [0.05, 0.1) is 11.4 Å². The van der Waals surface area contributed by atoms with E-state index in [-0.39, 0.29) is 17.2 Å². The molecule has 0 aliphatic carbocycles. The molecule has 3 rings (SSSR count). The molecule has 0 spiro atoms. The average Bonchev–Trinajstić information content (AvgIpc) is 2.68. The van der Waals surface area contributed by atoms with E-state index in [1.54, 1.807) is 36.4 Å². The van der Waals surface area contributed by atoms with Gasteiger partial charge in [-0.15, -0.1) is 0 Å². The number of piperidine rings is 1. The van der Waals surface area contributed by atoms with Crippen molar-refractivity contribution in [1.29, 1.82) is 0 Å². The number of ketones is 1. The molecule has 0 saturated carbocycles. The molecule has 5 nitrogen and oxygen atoms in total. The molecule has 1 fully saturated rings. The summed E-state index contributed by atoms with van der Waals surface area (Å²) in [7, 11) is -3.49. The van der Waals surface area contributed by atoms with Crippen molar-refractivity contribution in [3.8, 4) is 0 Å². The van der Waals surface area contributed by atoms with Crippen LogP contribution in [0.15, 0.2) is 53.4 Å². The van der Waals surface area contributed by atoms with Crippen LogP contribution in [0.25, 0.3) is 0 Å². The number of rotatable bonds is 6. The molecule has 0 radical (unpaired) electrons. The summed E-state index contributed by atoms with van der Waals surface area (Å²) in [6, 6.07) is 13.3. The van der Waals surface area contributed by atoms with Crippen molar-refractivity contribution in [2.75, 3.05) is 25.0 Å². The minimum Gasteiger partial charge on any atom is -0.378 e. The first-order valence-electron chi connectivity index (χ1n) is 8.99. The van der Waals surface area contributed by atoms with Crippen LogP contribution in [-0.2, 0) is 10.0 Å². The van der Waals surface area contributed by atoms with Crippen LogP contribution in [-0.4, -0.2) is 38.1 Å². The molecule has 1 saturated heterocycles. The number of sulfonamides is 1. The smallest absolute Gasteiger partial charge is 0.243 e. The van der Waals surface area contributed by atoms with Gasteiger partial charge in [0.25, 0.3) is 0 Å². The van der Waals surface area contributed by atoms with Gasteiger partial charge in [0.1, 0.15) is 0 Å². The predicted octanol–water partition coefficient (Wildman–Crippen LogP) is 4.06. The zero-order chi connectivity index (χ0) is 19.4. The highest BCUT2D eigenvalue weighted by atomic mass is 35.5. The largest absolute Gasteiger partial charge is 0.378 e. The third-order valence-electron chi connectivity index (χ3n) is 4.85. The number of carbonyl (C=O) groups is 1. The number of halogens is 1. The fourth-order valence-electron chi connectivity index (χ4n) is 3.04. The van der Waals surface area contributed by atoms with E-state index in [0.29, 0.717) is 29.6 Å². The SMILES string of the molecule is CC1CCN(S(=O)(=O)c2ccc(C(=O)CNc3ccc(Cl)cc3)cc2)CC1. The van der Waals surface area contributed by atoms with Crippen LogP contribution in [0, 0.1) is 5.92 Å². The maximum Gasteiger partial charge on any atom is 0.243 e. The highest BCUT2D eigenvalue weighted by molar-refractivity contribution is 7.89. The number of anilines is 1. The van der Waals surface area contributed by atoms with E-state index in [9.17, 15) is 13.2 Å². The van der Waals surface area contributed by atoms with Crippen LogP contribution in [0.5, 0.6) is 0 Å². The van der Waals surface area contributed by atoms with Crippen molar-refractivity contribution in [3.63, 3.8) is 0 Å². The molecule has 0 aromatic heterocycles. The number of hydrogen-bond acceptors (Lipinski definition) is 4. The van der Waals surface area contributed by atoms with Gasteiger partial charge >= 0.3 is 0 Å². The summed E-state index contributed by atoms with van der Waals surface area (Å²) in [5, 5.41) is 3.67. The topological polar surface area (TPSA) is 66.5 Å². The van der Waals surface area contributed by atoms with Crippen molar-refractivity contribution in [1.82, 2.24) is 4.31 Å². The summed E-state index contributed by atoms with van der Waals surface area (Å²) in [6.45, 7) is 3.37. The van der Waals surface area contributed by atoms with Crippen molar-refractivity contribution in [3.05, 3.63) is 59.1 Å². The van der Waals surface area contributed by atoms with Crippen molar-refractivity contribution in [2.24, 2.45) is 5.92 Å². The number of nitrogens with zero attached hydrogens (tertiary/aromatic N) is 1. The first-order valence-corrected chi connectivity index (χ1v) is 10.8. The lowest BCUT2D eigenvalue weighted by Gasteiger charge is -2.29. The maximum absolute atomic E-state index is 12.7. The Morgan fingerprint density at radius 2 is 1.67 bits per heavy atom. The lowest BCUT2D eigenvalue weighted by atomic mass is 10.0. The fourth-order valence-corrected chi connectivity index (χ4v) is 4.63. The second-order valence-electron chi connectivity index (χ2n) is 6.89. The molecular weight excluding hydrogens is 384 g/mol. The van der Waals surface area contributed by atoms with E-state index in [1.165, 1.54) is 16.4 Å². The van der Waals surface area contributed by atoms with Gasteiger partial charge in [-0.25, -0.2) is 8.42 Å². The Morgan fingerprint density at radius 1 is 1.07 bits per heavy atom. The lowest BCUT2D eigenvalue weighted by molar-refractivity contribution is 0.101. The molecule has 0 bridgehead atoms. The van der Waals surface area contributed by atoms with Gasteiger partial charge in [0, 0.05) is 29.4 Å². The summed E-state index contributed by atoms with van der Waals surface area (Å²) in [5.74, 6) is 0.449. The Hall–Kier alpha value is -1.89. The second-order valence-corrected chi connectivity index (χ2v) is 9.27. The first-order chi connectivity index (χ1) is 12.9. The molecule has 0 amide bonds. The van der Waals surface area contributed by atoms with E-state index in [0.717, 1.165) is 18.5 Å². The molecule has 1 heterocycles. The molecule has 144 valence electrons. The van der Waals surface area contributed by atoms with E-state index in [1.807, 2.05) is 0 Å². The summed E-state index contributed by atoms with van der Waals surface area (Å²) >= 11 is 5.84. The molecule has 0 unspecified atom stereocenters. The standard InChI is InChI=1S/C20H23ClN2O3S/c1-15-10-12-23(13-11-15)27(25,26)19-8-2-16(3-9-19)20(24)14-22-18-6-4-17(21)5-7-18/h2-9,15,22H,10-14H2,1H3. The first kappa shape index (κ1) is 19.9. The van der Waals surface area contributed by atoms with Crippen LogP contribution in [0.1, 0.15) is 30.1 Å². The molecule has 1 N–H and O–H groups in total. The highest BCUT2D eigenvalue weighted by Gasteiger charge is 2.28. The Bertz CT molecular complexity index is 888. The molecule has 2 aromatic carbocycles. The van der Waals surface area contributed by atoms with Crippen LogP contribution in [0.2, 0.25) is 5.02 Å². The normalized spacial score (nSPS) is 16.2. The van der Waals surface area contributed by atoms with Gasteiger partial charge < -0.3 is 5.32 Å². The van der Waals surface area contributed by atoms with Gasteiger partial charge in [-0.3, -0.25) is 4.79 Å². The number of nitrogens with one attached hydrogen (secondary N) is 1. The summed E-state index contributed by atoms with van der Waals surface area (Å²) in [4.78, 5) is 12.6. The van der Waals surface area contributed by atoms with Gasteiger partial charge in [-0.2, -0.15) is 4.31 Å². The maximum atomic E-state index is 12.7. The molecule has 7 heteroatoms. The summed E-state index contributed by atoms with van der Waals surface area (Å²) in [6.07, 6.45) is 1.76. The third-order valence-corrected chi connectivity index (χ3v) is 7.02. The van der Waals surface area contributed by atoms with Crippen molar-refractivity contribution in [2.45, 2.75) is 24.7 Å². The zero-order valence-electron chi connectivity index (χ0n) is 15.2. The number of hydrogen-bond donors (Lipinski definition) is 1. The van der Waals surface area contributed by atoms with Crippen molar-refractivity contribution >= 4 is 33.1 Å². The van der Waals surface area contributed by atoms with Crippen LogP contribution >= 0.6 is 11.6 Å². The number of benzene rings is 2. The minimum atomic E-state index is -3.49. The molecule has 1 aliphatic rings. The molecule has 2 aromatic rings. The predicted molar refractivity (Wildman–Crippen MR) is 108 cm³/mol. The fraction of sp³-hybridized carbons (Fsp3) is 0.350. The molecule has 27 heavy (non-hydrogen) atoms. The monoisotopic (exact) mass is 406 g/mol. The Morgan fingerprint density at radius 3 is 2.26 bits per heavy atom. The second kappa shape index (κ2) is 8.42. The lowest BCUT2D eigenvalue weighted by Crippen LogP contribution is -2.37. The number of Topliss-reactive ketones (excluding diaryl/α,β-unsaturated/α-hetero) is 1. The van der Waals surface area contributed by atoms with Gasteiger partial charge in [0.2, 0.25) is 10.0 Å². The van der Waals surface area contributed by atoms with Crippen LogP contribution < -0.4 is 5.32 Å². The summed E-state index contributed by atoms with van der Waals surface area (Å²) in [5.41, 5.74) is 1.27. The molecular formula is C20H23ClN2O3S. The van der Waals surface area contributed by atoms with Gasteiger partial charge in [-0.1, -0.05) is 18.5 Å². The van der Waals surface area contributed by atoms with Crippen molar-refractivity contribution < 1.29 is 13.2 Å². The minimum absolute atomic E-state index is 0.110.